The molecule has 5 heteroatoms. The largest absolute Gasteiger partial charge is 0.385 e. The first-order valence-corrected chi connectivity index (χ1v) is 8.42. The molecule has 0 bridgehead atoms. The lowest BCUT2D eigenvalue weighted by Crippen LogP contribution is -2.37. The third-order valence-corrected chi connectivity index (χ3v) is 3.40. The highest BCUT2D eigenvalue weighted by atomic mass is 127. The van der Waals surface area contributed by atoms with Crippen molar-refractivity contribution in [1.29, 1.82) is 0 Å². The number of aliphatic imine (C=N–C) groups is 1. The number of methoxy groups -OCH3 is 1. The van der Waals surface area contributed by atoms with Crippen molar-refractivity contribution in [1.82, 2.24) is 10.6 Å². The van der Waals surface area contributed by atoms with Gasteiger partial charge in [0.15, 0.2) is 5.96 Å². The molecule has 0 amide bonds. The molecular weight excluding hydrogens is 401 g/mol. The summed E-state index contributed by atoms with van der Waals surface area (Å²) in [6, 6.07) is 10.6. The first-order chi connectivity index (χ1) is 10.9. The van der Waals surface area contributed by atoms with Crippen LogP contribution in [0.1, 0.15) is 38.2 Å². The summed E-state index contributed by atoms with van der Waals surface area (Å²) in [7, 11) is 1.75. The van der Waals surface area contributed by atoms with Gasteiger partial charge in [0.2, 0.25) is 0 Å². The molecule has 0 saturated carbocycles. The molecule has 2 N–H and O–H groups in total. The summed E-state index contributed by atoms with van der Waals surface area (Å²) in [5, 5.41) is 6.69. The Kier molecular flexibility index (Phi) is 15.5. The van der Waals surface area contributed by atoms with Crippen LogP contribution < -0.4 is 10.6 Å². The zero-order valence-corrected chi connectivity index (χ0v) is 16.8. The number of halogens is 1. The molecule has 1 aromatic rings. The Labute approximate surface area is 158 Å². The molecule has 0 saturated heterocycles. The van der Waals surface area contributed by atoms with Gasteiger partial charge in [0.1, 0.15) is 0 Å². The first-order valence-electron chi connectivity index (χ1n) is 8.42. The normalized spacial score (nSPS) is 11.0. The lowest BCUT2D eigenvalue weighted by Gasteiger charge is -2.11. The van der Waals surface area contributed by atoms with E-state index in [1.54, 1.807) is 7.11 Å². The van der Waals surface area contributed by atoms with Crippen LogP contribution in [-0.2, 0) is 11.2 Å². The van der Waals surface area contributed by atoms with Crippen molar-refractivity contribution in [2.45, 2.75) is 39.0 Å². The van der Waals surface area contributed by atoms with Gasteiger partial charge in [-0.25, -0.2) is 0 Å². The average molecular weight is 433 g/mol. The van der Waals surface area contributed by atoms with Gasteiger partial charge < -0.3 is 15.4 Å². The molecule has 0 aliphatic rings. The third kappa shape index (κ3) is 12.3. The number of unbranched alkanes of at least 4 members (excludes halogenated alkanes) is 2. The van der Waals surface area contributed by atoms with Crippen LogP contribution in [0.15, 0.2) is 35.3 Å². The summed E-state index contributed by atoms with van der Waals surface area (Å²) in [5.74, 6) is 0.933. The minimum atomic E-state index is 0. The summed E-state index contributed by atoms with van der Waals surface area (Å²) in [5.41, 5.74) is 1.38. The minimum absolute atomic E-state index is 0. The van der Waals surface area contributed by atoms with Gasteiger partial charge in [0.25, 0.3) is 0 Å². The number of ether oxygens (including phenoxy) is 1. The summed E-state index contributed by atoms with van der Waals surface area (Å²) >= 11 is 0. The maximum Gasteiger partial charge on any atom is 0.191 e. The van der Waals surface area contributed by atoms with Gasteiger partial charge in [-0.15, -0.1) is 24.0 Å². The van der Waals surface area contributed by atoms with Crippen molar-refractivity contribution in [3.63, 3.8) is 0 Å². The average Bonchev–Trinajstić information content (AvgIpc) is 2.55. The molecular formula is C18H32IN3O. The summed E-state index contributed by atoms with van der Waals surface area (Å²) in [6.07, 6.45) is 5.63. The van der Waals surface area contributed by atoms with Gasteiger partial charge in [-0.3, -0.25) is 4.99 Å². The van der Waals surface area contributed by atoms with Gasteiger partial charge in [-0.1, -0.05) is 30.3 Å². The zero-order valence-electron chi connectivity index (χ0n) is 14.5. The molecule has 0 aliphatic heterocycles. The number of benzene rings is 1. The fourth-order valence-electron chi connectivity index (χ4n) is 2.22. The van der Waals surface area contributed by atoms with Crippen molar-refractivity contribution < 1.29 is 4.74 Å². The Morgan fingerprint density at radius 1 is 1.04 bits per heavy atom. The zero-order chi connectivity index (χ0) is 15.9. The van der Waals surface area contributed by atoms with Crippen LogP contribution in [-0.4, -0.2) is 39.3 Å². The fourth-order valence-corrected chi connectivity index (χ4v) is 2.22. The van der Waals surface area contributed by atoms with Crippen LogP contribution >= 0.6 is 24.0 Å². The quantitative estimate of drug-likeness (QED) is 0.243. The van der Waals surface area contributed by atoms with Gasteiger partial charge >= 0.3 is 0 Å². The number of nitrogens with zero attached hydrogens (tertiary/aromatic N) is 1. The molecule has 1 rings (SSSR count). The van der Waals surface area contributed by atoms with Crippen molar-refractivity contribution in [2.75, 3.05) is 33.4 Å². The van der Waals surface area contributed by atoms with Gasteiger partial charge in [-0.2, -0.15) is 0 Å². The van der Waals surface area contributed by atoms with E-state index >= 15 is 0 Å². The number of nitrogens with one attached hydrogen (secondary N) is 2. The molecule has 0 unspecified atom stereocenters. The second-order valence-corrected chi connectivity index (χ2v) is 5.33. The van der Waals surface area contributed by atoms with Crippen LogP contribution in [0.2, 0.25) is 0 Å². The summed E-state index contributed by atoms with van der Waals surface area (Å²) in [4.78, 5) is 4.63. The molecule has 0 aromatic heterocycles. The molecule has 1 aromatic carbocycles. The van der Waals surface area contributed by atoms with E-state index in [-0.39, 0.29) is 24.0 Å². The third-order valence-electron chi connectivity index (χ3n) is 3.40. The molecule has 0 heterocycles. The molecule has 0 radical (unpaired) electrons. The number of rotatable bonds is 11. The van der Waals surface area contributed by atoms with Crippen LogP contribution in [0.4, 0.5) is 0 Å². The van der Waals surface area contributed by atoms with E-state index in [0.717, 1.165) is 57.9 Å². The van der Waals surface area contributed by atoms with E-state index < -0.39 is 0 Å². The molecule has 23 heavy (non-hydrogen) atoms. The van der Waals surface area contributed by atoms with Crippen molar-refractivity contribution >= 4 is 29.9 Å². The van der Waals surface area contributed by atoms with Crippen LogP contribution in [0.3, 0.4) is 0 Å². The summed E-state index contributed by atoms with van der Waals surface area (Å²) < 4.78 is 5.05. The predicted molar refractivity (Wildman–Crippen MR) is 110 cm³/mol. The highest BCUT2D eigenvalue weighted by molar-refractivity contribution is 14.0. The minimum Gasteiger partial charge on any atom is -0.385 e. The van der Waals surface area contributed by atoms with Gasteiger partial charge in [0.05, 0.1) is 0 Å². The van der Waals surface area contributed by atoms with Crippen LogP contribution in [0, 0.1) is 0 Å². The lowest BCUT2D eigenvalue weighted by molar-refractivity contribution is 0.192. The fraction of sp³-hybridized carbons (Fsp3) is 0.611. The molecule has 0 atom stereocenters. The Hall–Kier alpha value is -0.820. The summed E-state index contributed by atoms with van der Waals surface area (Å²) in [6.45, 7) is 5.67. The highest BCUT2D eigenvalue weighted by Crippen LogP contribution is 2.02. The van der Waals surface area contributed by atoms with E-state index in [0.29, 0.717) is 0 Å². The second kappa shape index (κ2) is 16.1. The molecule has 0 spiro atoms. The van der Waals surface area contributed by atoms with Crippen LogP contribution in [0.5, 0.6) is 0 Å². The Balaban J connectivity index is 0.00000484. The standard InChI is InChI=1S/C18H31N3O.HI/c1-3-19-18(20-14-8-5-9-16-22-2)21-15-10-13-17-11-6-4-7-12-17;/h4,6-7,11-12H,3,5,8-10,13-16H2,1-2H3,(H2,19,20,21);1H. The molecule has 0 fully saturated rings. The number of aryl methyl sites for hydroxylation is 1. The van der Waals surface area contributed by atoms with E-state index in [1.807, 2.05) is 0 Å². The maximum atomic E-state index is 5.05. The smallest absolute Gasteiger partial charge is 0.191 e. The maximum absolute atomic E-state index is 5.05. The number of hydrogen-bond acceptors (Lipinski definition) is 2. The lowest BCUT2D eigenvalue weighted by atomic mass is 10.1. The number of hydrogen-bond donors (Lipinski definition) is 2. The van der Waals surface area contributed by atoms with E-state index in [4.69, 9.17) is 4.74 Å². The Morgan fingerprint density at radius 2 is 1.83 bits per heavy atom. The van der Waals surface area contributed by atoms with Crippen LogP contribution in [0.25, 0.3) is 0 Å². The van der Waals surface area contributed by atoms with E-state index in [1.165, 1.54) is 12.0 Å². The van der Waals surface area contributed by atoms with E-state index in [2.05, 4.69) is 52.9 Å². The molecule has 4 nitrogen and oxygen atoms in total. The van der Waals surface area contributed by atoms with Crippen molar-refractivity contribution in [2.24, 2.45) is 4.99 Å². The van der Waals surface area contributed by atoms with Gasteiger partial charge in [0, 0.05) is 33.4 Å². The number of guanidine groups is 1. The van der Waals surface area contributed by atoms with E-state index in [9.17, 15) is 0 Å². The van der Waals surface area contributed by atoms with Crippen molar-refractivity contribution in [3.05, 3.63) is 35.9 Å². The monoisotopic (exact) mass is 433 g/mol. The van der Waals surface area contributed by atoms with Crippen molar-refractivity contribution in [3.8, 4) is 0 Å². The molecule has 0 aliphatic carbocycles. The topological polar surface area (TPSA) is 45.7 Å². The highest BCUT2D eigenvalue weighted by Gasteiger charge is 1.97. The molecule has 132 valence electrons. The second-order valence-electron chi connectivity index (χ2n) is 5.33. The SMILES string of the molecule is CCNC(=NCCCc1ccccc1)NCCCCCOC.I. The first kappa shape index (κ1) is 22.2. The Morgan fingerprint density at radius 3 is 2.52 bits per heavy atom. The Bertz CT molecular complexity index is 399. The predicted octanol–water partition coefficient (Wildman–Crippen LogP) is 3.61. The van der Waals surface area contributed by atoms with Gasteiger partial charge in [-0.05, 0) is 44.6 Å².